The van der Waals surface area contributed by atoms with Gasteiger partial charge in [0.05, 0.1) is 10.7 Å². The van der Waals surface area contributed by atoms with Crippen LogP contribution in [0.25, 0.3) is 0 Å². The molecule has 3 rings (SSSR count). The molecule has 0 radical (unpaired) electrons. The molecule has 4 N–H and O–H groups in total. The summed E-state index contributed by atoms with van der Waals surface area (Å²) in [7, 11) is 0. The van der Waals surface area contributed by atoms with E-state index < -0.39 is 35.6 Å². The number of anilines is 1. The molecule has 10 heteroatoms. The van der Waals surface area contributed by atoms with Crippen molar-refractivity contribution in [2.75, 3.05) is 11.9 Å². The third-order valence-electron chi connectivity index (χ3n) is 6.54. The largest absolute Gasteiger partial charge is 0.508 e. The van der Waals surface area contributed by atoms with Gasteiger partial charge in [0.25, 0.3) is 5.91 Å². The summed E-state index contributed by atoms with van der Waals surface area (Å²) < 4.78 is 5.44. The predicted molar refractivity (Wildman–Crippen MR) is 167 cm³/mol. The number of nitrogens with one attached hydrogen (secondary N) is 2. The number of nitrogens with zero attached hydrogens (tertiary/aromatic N) is 1. The number of alkyl carbamates (subject to hydrolysis) is 1. The molecule has 228 valence electrons. The van der Waals surface area contributed by atoms with Crippen LogP contribution in [0.3, 0.4) is 0 Å². The molecule has 0 heterocycles. The van der Waals surface area contributed by atoms with E-state index in [0.717, 1.165) is 5.56 Å². The van der Waals surface area contributed by atoms with Gasteiger partial charge in [-0.05, 0) is 87.2 Å². The van der Waals surface area contributed by atoms with Crippen LogP contribution in [0.2, 0.25) is 5.02 Å². The smallest absolute Gasteiger partial charge is 0.408 e. The van der Waals surface area contributed by atoms with Gasteiger partial charge in [-0.1, -0.05) is 48.0 Å². The molecule has 2 unspecified atom stereocenters. The molecule has 0 aromatic heterocycles. The molecule has 0 saturated heterocycles. The maximum Gasteiger partial charge on any atom is 0.408 e. The Kier molecular flexibility index (Phi) is 10.8. The van der Waals surface area contributed by atoms with Gasteiger partial charge in [0.2, 0.25) is 5.91 Å². The monoisotopic (exact) mass is 607 g/mol. The van der Waals surface area contributed by atoms with Crippen molar-refractivity contribution in [3.05, 3.63) is 101 Å². The average Bonchev–Trinajstić information content (AvgIpc) is 2.92. The highest BCUT2D eigenvalue weighted by molar-refractivity contribution is 6.34. The second-order valence-corrected chi connectivity index (χ2v) is 11.6. The fourth-order valence-corrected chi connectivity index (χ4v) is 4.75. The van der Waals surface area contributed by atoms with Crippen LogP contribution in [0.4, 0.5) is 10.5 Å². The minimum Gasteiger partial charge on any atom is -0.508 e. The van der Waals surface area contributed by atoms with Gasteiger partial charge in [0.1, 0.15) is 29.2 Å². The number of ether oxygens (including phenoxy) is 1. The zero-order valence-electron chi connectivity index (χ0n) is 25.0. The van der Waals surface area contributed by atoms with E-state index in [0.29, 0.717) is 27.4 Å². The summed E-state index contributed by atoms with van der Waals surface area (Å²) in [6.45, 7) is 12.3. The molecule has 0 aliphatic carbocycles. The number of hydrogen-bond acceptors (Lipinski definition) is 6. The Hall–Kier alpha value is -4.50. The minimum absolute atomic E-state index is 0.0308. The van der Waals surface area contributed by atoms with Crippen LogP contribution in [-0.2, 0) is 20.7 Å². The summed E-state index contributed by atoms with van der Waals surface area (Å²) in [6, 6.07) is 13.7. The van der Waals surface area contributed by atoms with Crippen molar-refractivity contribution in [3.63, 3.8) is 0 Å². The third kappa shape index (κ3) is 8.99. The van der Waals surface area contributed by atoms with Crippen molar-refractivity contribution in [1.82, 2.24) is 10.2 Å². The van der Waals surface area contributed by atoms with Crippen molar-refractivity contribution in [1.29, 1.82) is 0 Å². The number of aryl methyl sites for hydroxylation is 2. The van der Waals surface area contributed by atoms with Crippen LogP contribution in [0.1, 0.15) is 49.1 Å². The predicted octanol–water partition coefficient (Wildman–Crippen LogP) is 6.20. The average molecular weight is 608 g/mol. The van der Waals surface area contributed by atoms with Crippen molar-refractivity contribution in [3.8, 4) is 11.5 Å². The zero-order chi connectivity index (χ0) is 31.9. The summed E-state index contributed by atoms with van der Waals surface area (Å²) in [4.78, 5) is 42.6. The third-order valence-corrected chi connectivity index (χ3v) is 6.86. The lowest BCUT2D eigenvalue weighted by Gasteiger charge is -2.34. The summed E-state index contributed by atoms with van der Waals surface area (Å²) in [5.74, 6) is -1.06. The van der Waals surface area contributed by atoms with Gasteiger partial charge in [-0.3, -0.25) is 9.59 Å². The fourth-order valence-electron chi connectivity index (χ4n) is 4.48. The van der Waals surface area contributed by atoms with Gasteiger partial charge in [-0.15, -0.1) is 6.58 Å². The molecule has 0 saturated carbocycles. The number of amides is 3. The first-order valence-electron chi connectivity index (χ1n) is 13.7. The number of aromatic hydroxyl groups is 2. The quantitative estimate of drug-likeness (QED) is 0.203. The van der Waals surface area contributed by atoms with Crippen LogP contribution in [0.15, 0.2) is 73.3 Å². The Morgan fingerprint density at radius 2 is 1.70 bits per heavy atom. The van der Waals surface area contributed by atoms with E-state index in [1.165, 1.54) is 29.2 Å². The first-order valence-corrected chi connectivity index (χ1v) is 14.1. The second-order valence-electron chi connectivity index (χ2n) is 11.2. The zero-order valence-corrected chi connectivity index (χ0v) is 25.7. The highest BCUT2D eigenvalue weighted by atomic mass is 35.5. The lowest BCUT2D eigenvalue weighted by Crippen LogP contribution is -2.53. The maximum atomic E-state index is 14.4. The Labute approximate surface area is 257 Å². The highest BCUT2D eigenvalue weighted by Gasteiger charge is 2.36. The highest BCUT2D eigenvalue weighted by Crippen LogP contribution is 2.31. The van der Waals surface area contributed by atoms with Crippen molar-refractivity contribution in [2.24, 2.45) is 0 Å². The number of carbonyl (C=O) groups excluding carboxylic acids is 3. The molecule has 3 aromatic carbocycles. The molecule has 2 atom stereocenters. The molecule has 0 spiro atoms. The van der Waals surface area contributed by atoms with E-state index in [9.17, 15) is 24.6 Å². The molecule has 9 nitrogen and oxygen atoms in total. The number of rotatable bonds is 10. The van der Waals surface area contributed by atoms with Crippen LogP contribution in [-0.4, -0.2) is 51.2 Å². The fraction of sp³-hybridized carbons (Fsp3) is 0.303. The standard InChI is InChI=1S/C33H38ClN3O6/c1-7-17-37(31(41)26(35-32(42)43-33(4,5)6)19-22-11-14-24(38)15-12-22)29(23-13-16-27(39)21(3)18-23)30(40)36-28-20(2)9-8-10-25(28)34/h7-16,18,26,29,38-39H,1,17,19H2,2-6H3,(H,35,42)(H,36,40). The molecular weight excluding hydrogens is 570 g/mol. The number of hydrogen-bond donors (Lipinski definition) is 4. The lowest BCUT2D eigenvalue weighted by atomic mass is 9.98. The second kappa shape index (κ2) is 14.1. The minimum atomic E-state index is -1.21. The number of halogens is 1. The van der Waals surface area contributed by atoms with Crippen molar-refractivity contribution >= 4 is 35.2 Å². The number of para-hydroxylation sites is 1. The van der Waals surface area contributed by atoms with Crippen LogP contribution in [0.5, 0.6) is 11.5 Å². The van der Waals surface area contributed by atoms with Crippen LogP contribution >= 0.6 is 11.6 Å². The van der Waals surface area contributed by atoms with Crippen molar-refractivity contribution in [2.45, 2.75) is 58.7 Å². The summed E-state index contributed by atoms with van der Waals surface area (Å²) in [5.41, 5.74) is 1.87. The van der Waals surface area contributed by atoms with Gasteiger partial charge in [0, 0.05) is 13.0 Å². The summed E-state index contributed by atoms with van der Waals surface area (Å²) in [5, 5.41) is 25.8. The SMILES string of the molecule is C=CCN(C(=O)C(Cc1ccc(O)cc1)NC(=O)OC(C)(C)C)C(C(=O)Nc1c(C)cccc1Cl)c1ccc(O)c(C)c1. The van der Waals surface area contributed by atoms with E-state index >= 15 is 0 Å². The Morgan fingerprint density at radius 3 is 2.28 bits per heavy atom. The molecule has 0 aliphatic heterocycles. The Balaban J connectivity index is 2.10. The molecule has 43 heavy (non-hydrogen) atoms. The van der Waals surface area contributed by atoms with E-state index in [2.05, 4.69) is 17.2 Å². The Morgan fingerprint density at radius 1 is 1.02 bits per heavy atom. The van der Waals surface area contributed by atoms with Crippen LogP contribution < -0.4 is 10.6 Å². The van der Waals surface area contributed by atoms with E-state index in [1.54, 1.807) is 77.1 Å². The molecule has 0 bridgehead atoms. The molecule has 0 aliphatic rings. The topological polar surface area (TPSA) is 128 Å². The Bertz CT molecular complexity index is 1460. The van der Waals surface area contributed by atoms with Crippen molar-refractivity contribution < 1.29 is 29.3 Å². The molecule has 0 fully saturated rings. The lowest BCUT2D eigenvalue weighted by molar-refractivity contribution is -0.140. The summed E-state index contributed by atoms with van der Waals surface area (Å²) >= 11 is 6.41. The van der Waals surface area contributed by atoms with E-state index in [4.69, 9.17) is 16.3 Å². The number of carbonyl (C=O) groups is 3. The molecular formula is C33H38ClN3O6. The first kappa shape index (κ1) is 33.0. The summed E-state index contributed by atoms with van der Waals surface area (Å²) in [6.07, 6.45) is 0.715. The van der Waals surface area contributed by atoms with Gasteiger partial charge in [-0.2, -0.15) is 0 Å². The number of phenolic OH excluding ortho intramolecular Hbond substituents is 2. The number of phenols is 2. The normalized spacial score (nSPS) is 12.5. The van der Waals surface area contributed by atoms with Gasteiger partial charge in [-0.25, -0.2) is 4.79 Å². The molecule has 3 aromatic rings. The van der Waals surface area contributed by atoms with E-state index in [1.807, 2.05) is 0 Å². The van der Waals surface area contributed by atoms with E-state index in [-0.39, 0.29) is 24.5 Å². The van der Waals surface area contributed by atoms with Gasteiger partial charge < -0.3 is 30.5 Å². The maximum absolute atomic E-state index is 14.4. The first-order chi connectivity index (χ1) is 20.2. The van der Waals surface area contributed by atoms with Crippen LogP contribution in [0, 0.1) is 13.8 Å². The van der Waals surface area contributed by atoms with Gasteiger partial charge in [0.15, 0.2) is 0 Å². The molecule has 3 amide bonds. The number of benzene rings is 3. The van der Waals surface area contributed by atoms with Gasteiger partial charge >= 0.3 is 6.09 Å².